The van der Waals surface area contributed by atoms with Crippen LogP contribution in [0, 0.1) is 10.1 Å². The predicted molar refractivity (Wildman–Crippen MR) is 110 cm³/mol. The summed E-state index contributed by atoms with van der Waals surface area (Å²) in [5.41, 5.74) is 2.11. The first-order chi connectivity index (χ1) is 13.7. The fraction of sp³-hybridized carbons (Fsp3) is 0.350. The largest absolute Gasteiger partial charge is 0.336 e. The molecule has 2 aromatic carbocycles. The molecule has 0 saturated carbocycles. The van der Waals surface area contributed by atoms with Crippen LogP contribution in [-0.2, 0) is 27.8 Å². The van der Waals surface area contributed by atoms with E-state index in [1.54, 1.807) is 11.8 Å². The zero-order valence-electron chi connectivity index (χ0n) is 16.3. The standard InChI is InChI=1S/C20H23N3O5S/c1-3-19(20(24)21-12-11-15-7-4-5-8-16(15)14-21)22(29(2,27)28)17-9-6-10-18(13-17)23(25)26/h4-10,13,19H,3,11-12,14H2,1-2H3. The van der Waals surface area contributed by atoms with Crippen molar-refractivity contribution in [1.29, 1.82) is 0 Å². The maximum absolute atomic E-state index is 13.3. The Morgan fingerprint density at radius 1 is 1.21 bits per heavy atom. The SMILES string of the molecule is CCC(C(=O)N1CCc2ccccc2C1)N(c1cccc([N+](=O)[O-])c1)S(C)(=O)=O. The van der Waals surface area contributed by atoms with Gasteiger partial charge in [0.25, 0.3) is 5.69 Å². The van der Waals surface area contributed by atoms with Gasteiger partial charge in [0.1, 0.15) is 6.04 Å². The smallest absolute Gasteiger partial charge is 0.271 e. The maximum Gasteiger partial charge on any atom is 0.271 e. The van der Waals surface area contributed by atoms with Crippen LogP contribution in [0.2, 0.25) is 0 Å². The van der Waals surface area contributed by atoms with Crippen LogP contribution in [0.1, 0.15) is 24.5 Å². The van der Waals surface area contributed by atoms with E-state index in [1.807, 2.05) is 24.3 Å². The molecule has 3 rings (SSSR count). The average Bonchev–Trinajstić information content (AvgIpc) is 2.70. The average molecular weight is 417 g/mol. The number of hydrogen-bond acceptors (Lipinski definition) is 5. The van der Waals surface area contributed by atoms with E-state index in [2.05, 4.69) is 0 Å². The van der Waals surface area contributed by atoms with E-state index < -0.39 is 21.0 Å². The van der Waals surface area contributed by atoms with Crippen LogP contribution in [0.4, 0.5) is 11.4 Å². The molecule has 0 fully saturated rings. The second kappa shape index (κ2) is 8.20. The van der Waals surface area contributed by atoms with E-state index in [0.29, 0.717) is 19.5 Å². The highest BCUT2D eigenvalue weighted by molar-refractivity contribution is 7.92. The Hall–Kier alpha value is -2.94. The van der Waals surface area contributed by atoms with Gasteiger partial charge in [0.05, 0.1) is 16.9 Å². The van der Waals surface area contributed by atoms with Gasteiger partial charge in [-0.15, -0.1) is 0 Å². The molecule has 9 heteroatoms. The number of sulfonamides is 1. The monoisotopic (exact) mass is 417 g/mol. The quantitative estimate of drug-likeness (QED) is 0.531. The first kappa shape index (κ1) is 20.8. The summed E-state index contributed by atoms with van der Waals surface area (Å²) < 4.78 is 26.2. The van der Waals surface area contributed by atoms with Crippen molar-refractivity contribution in [3.05, 3.63) is 69.8 Å². The van der Waals surface area contributed by atoms with E-state index in [1.165, 1.54) is 29.8 Å². The number of nitrogens with zero attached hydrogens (tertiary/aromatic N) is 3. The summed E-state index contributed by atoms with van der Waals surface area (Å²) >= 11 is 0. The number of rotatable bonds is 6. The van der Waals surface area contributed by atoms with Crippen LogP contribution in [0.5, 0.6) is 0 Å². The molecule has 8 nitrogen and oxygen atoms in total. The molecule has 1 atom stereocenters. The third-order valence-corrected chi connectivity index (χ3v) is 6.23. The van der Waals surface area contributed by atoms with E-state index in [4.69, 9.17) is 0 Å². The molecule has 1 amide bonds. The van der Waals surface area contributed by atoms with Gasteiger partial charge in [-0.25, -0.2) is 8.42 Å². The Labute approximate surface area is 169 Å². The van der Waals surface area contributed by atoms with Gasteiger partial charge < -0.3 is 4.90 Å². The second-order valence-corrected chi connectivity index (χ2v) is 8.90. The summed E-state index contributed by atoms with van der Waals surface area (Å²) in [7, 11) is -3.85. The van der Waals surface area contributed by atoms with Crippen LogP contribution < -0.4 is 4.31 Å². The number of non-ortho nitro benzene ring substituents is 1. The normalized spacial score (nSPS) is 14.8. The summed E-state index contributed by atoms with van der Waals surface area (Å²) in [5.74, 6) is -0.307. The Balaban J connectivity index is 1.95. The lowest BCUT2D eigenvalue weighted by atomic mass is 9.99. The zero-order valence-corrected chi connectivity index (χ0v) is 17.1. The number of amides is 1. The summed E-state index contributed by atoms with van der Waals surface area (Å²) in [4.78, 5) is 25.5. The molecule has 1 unspecified atom stereocenters. The van der Waals surface area contributed by atoms with Crippen molar-refractivity contribution >= 4 is 27.3 Å². The van der Waals surface area contributed by atoms with E-state index >= 15 is 0 Å². The van der Waals surface area contributed by atoms with Gasteiger partial charge in [-0.1, -0.05) is 37.3 Å². The number of nitro groups is 1. The van der Waals surface area contributed by atoms with E-state index in [-0.39, 0.29) is 23.7 Å². The molecule has 0 radical (unpaired) electrons. The fourth-order valence-electron chi connectivity index (χ4n) is 3.68. The van der Waals surface area contributed by atoms with E-state index in [0.717, 1.165) is 16.1 Å². The summed E-state index contributed by atoms with van der Waals surface area (Å²) in [5, 5.41) is 11.1. The molecule has 1 aliphatic heterocycles. The molecular weight excluding hydrogens is 394 g/mol. The first-order valence-corrected chi connectivity index (χ1v) is 11.2. The van der Waals surface area contributed by atoms with Gasteiger partial charge >= 0.3 is 0 Å². The van der Waals surface area contributed by atoms with Crippen molar-refractivity contribution in [3.63, 3.8) is 0 Å². The number of anilines is 1. The van der Waals surface area contributed by atoms with Crippen LogP contribution in [0.25, 0.3) is 0 Å². The molecule has 0 N–H and O–H groups in total. The molecule has 29 heavy (non-hydrogen) atoms. The van der Waals surface area contributed by atoms with Crippen LogP contribution in [-0.4, -0.2) is 43.0 Å². The van der Waals surface area contributed by atoms with Crippen molar-refractivity contribution in [2.45, 2.75) is 32.4 Å². The predicted octanol–water partition coefficient (Wildman–Crippen LogP) is 2.72. The van der Waals surface area contributed by atoms with Crippen molar-refractivity contribution in [1.82, 2.24) is 4.90 Å². The highest BCUT2D eigenvalue weighted by Gasteiger charge is 2.35. The van der Waals surface area contributed by atoms with Gasteiger partial charge in [0.2, 0.25) is 15.9 Å². The van der Waals surface area contributed by atoms with Gasteiger partial charge in [-0.2, -0.15) is 0 Å². The first-order valence-electron chi connectivity index (χ1n) is 9.31. The minimum absolute atomic E-state index is 0.110. The van der Waals surface area contributed by atoms with Crippen LogP contribution in [0.15, 0.2) is 48.5 Å². The number of nitro benzene ring substituents is 1. The Morgan fingerprint density at radius 3 is 2.52 bits per heavy atom. The minimum Gasteiger partial charge on any atom is -0.336 e. The summed E-state index contributed by atoms with van der Waals surface area (Å²) in [6.07, 6.45) is 1.95. The molecule has 0 spiro atoms. The molecule has 0 aliphatic carbocycles. The van der Waals surface area contributed by atoms with Crippen LogP contribution >= 0.6 is 0 Å². The lowest BCUT2D eigenvalue weighted by Crippen LogP contribution is -2.51. The molecule has 1 heterocycles. The molecule has 0 saturated heterocycles. The molecule has 0 bridgehead atoms. The summed E-state index contributed by atoms with van der Waals surface area (Å²) in [6, 6.07) is 12.2. The van der Waals surface area contributed by atoms with Gasteiger partial charge in [0.15, 0.2) is 0 Å². The number of benzene rings is 2. The number of hydrogen-bond donors (Lipinski definition) is 0. The van der Waals surface area contributed by atoms with Crippen molar-refractivity contribution in [3.8, 4) is 0 Å². The van der Waals surface area contributed by atoms with Crippen LogP contribution in [0.3, 0.4) is 0 Å². The zero-order chi connectivity index (χ0) is 21.2. The highest BCUT2D eigenvalue weighted by Crippen LogP contribution is 2.28. The Bertz CT molecular complexity index is 1040. The van der Waals surface area contributed by atoms with Crippen molar-refractivity contribution in [2.24, 2.45) is 0 Å². The Kier molecular flexibility index (Phi) is 5.88. The fourth-order valence-corrected chi connectivity index (χ4v) is 4.88. The molecule has 0 aromatic heterocycles. The Morgan fingerprint density at radius 2 is 1.90 bits per heavy atom. The van der Waals surface area contributed by atoms with Crippen molar-refractivity contribution < 1.29 is 18.1 Å². The number of fused-ring (bicyclic) bond motifs is 1. The lowest BCUT2D eigenvalue weighted by Gasteiger charge is -2.36. The molecule has 1 aliphatic rings. The third kappa shape index (κ3) is 4.40. The number of carbonyl (C=O) groups is 1. The molecule has 154 valence electrons. The van der Waals surface area contributed by atoms with Crippen molar-refractivity contribution in [2.75, 3.05) is 17.1 Å². The van der Waals surface area contributed by atoms with Gasteiger partial charge in [-0.05, 0) is 30.0 Å². The molecular formula is C20H23N3O5S. The highest BCUT2D eigenvalue weighted by atomic mass is 32.2. The van der Waals surface area contributed by atoms with Gasteiger partial charge in [0, 0.05) is 25.2 Å². The lowest BCUT2D eigenvalue weighted by molar-refractivity contribution is -0.384. The molecule has 2 aromatic rings. The maximum atomic E-state index is 13.3. The minimum atomic E-state index is -3.85. The second-order valence-electron chi connectivity index (χ2n) is 7.04. The van der Waals surface area contributed by atoms with Gasteiger partial charge in [-0.3, -0.25) is 19.2 Å². The van der Waals surface area contributed by atoms with E-state index in [9.17, 15) is 23.3 Å². The topological polar surface area (TPSA) is 101 Å². The summed E-state index contributed by atoms with van der Waals surface area (Å²) in [6.45, 7) is 2.65. The third-order valence-electron chi connectivity index (χ3n) is 5.05. The number of carbonyl (C=O) groups excluding carboxylic acids is 1.